The van der Waals surface area contributed by atoms with E-state index in [1.807, 2.05) is 13.8 Å². The molecule has 1 aromatic rings. The van der Waals surface area contributed by atoms with Crippen LogP contribution in [0.1, 0.15) is 37.2 Å². The van der Waals surface area contributed by atoms with Crippen LogP contribution in [0.15, 0.2) is 6.20 Å². The van der Waals surface area contributed by atoms with Crippen molar-refractivity contribution in [3.05, 3.63) is 11.9 Å². The monoisotopic (exact) mass is 283 g/mol. The summed E-state index contributed by atoms with van der Waals surface area (Å²) >= 11 is 0. The number of hydrogen-bond acceptors (Lipinski definition) is 5. The molecule has 1 rings (SSSR count). The first-order valence-electron chi connectivity index (χ1n) is 6.61. The van der Waals surface area contributed by atoms with Gasteiger partial charge in [0.05, 0.1) is 18.2 Å². The fourth-order valence-electron chi connectivity index (χ4n) is 1.93. The highest BCUT2D eigenvalue weighted by atomic mass is 16.4. The molecule has 8 nitrogen and oxygen atoms in total. The van der Waals surface area contributed by atoms with Gasteiger partial charge in [-0.1, -0.05) is 19.1 Å². The first kappa shape index (κ1) is 16.1. The van der Waals surface area contributed by atoms with Crippen LogP contribution in [-0.2, 0) is 11.3 Å². The Morgan fingerprint density at radius 1 is 1.45 bits per heavy atom. The lowest BCUT2D eigenvalue weighted by atomic mass is 9.81. The van der Waals surface area contributed by atoms with Crippen molar-refractivity contribution in [2.75, 3.05) is 13.1 Å². The zero-order valence-corrected chi connectivity index (χ0v) is 11.8. The molecule has 1 heterocycles. The Morgan fingerprint density at radius 3 is 2.55 bits per heavy atom. The molecular weight excluding hydrogens is 262 g/mol. The van der Waals surface area contributed by atoms with Crippen LogP contribution in [0, 0.1) is 5.41 Å². The van der Waals surface area contributed by atoms with E-state index in [9.17, 15) is 9.59 Å². The molecule has 0 aliphatic rings. The van der Waals surface area contributed by atoms with E-state index in [2.05, 4.69) is 15.6 Å². The number of rotatable bonds is 8. The third-order valence-corrected chi connectivity index (χ3v) is 3.61. The van der Waals surface area contributed by atoms with E-state index in [4.69, 9.17) is 10.8 Å². The molecule has 0 unspecified atom stereocenters. The van der Waals surface area contributed by atoms with Crippen LogP contribution in [0.2, 0.25) is 0 Å². The largest absolute Gasteiger partial charge is 0.476 e. The second-order valence-corrected chi connectivity index (χ2v) is 4.62. The van der Waals surface area contributed by atoms with E-state index >= 15 is 0 Å². The average molecular weight is 283 g/mol. The van der Waals surface area contributed by atoms with Crippen molar-refractivity contribution in [2.45, 2.75) is 33.2 Å². The van der Waals surface area contributed by atoms with Crippen molar-refractivity contribution in [3.8, 4) is 0 Å². The Hall–Kier alpha value is -1.96. The van der Waals surface area contributed by atoms with Gasteiger partial charge in [0, 0.05) is 13.1 Å². The molecule has 8 heteroatoms. The number of carboxylic acid groups (broad SMARTS) is 1. The Balaban J connectivity index is 2.50. The highest BCUT2D eigenvalue weighted by molar-refractivity contribution is 5.84. The first-order chi connectivity index (χ1) is 9.49. The van der Waals surface area contributed by atoms with E-state index in [-0.39, 0.29) is 11.6 Å². The molecule has 0 spiro atoms. The second kappa shape index (κ2) is 6.99. The maximum absolute atomic E-state index is 12.1. The number of nitrogens with two attached hydrogens (primary N) is 1. The zero-order valence-electron chi connectivity index (χ0n) is 11.8. The minimum Gasteiger partial charge on any atom is -0.476 e. The number of nitrogens with one attached hydrogen (secondary N) is 1. The predicted octanol–water partition coefficient (Wildman–Crippen LogP) is -0.142. The van der Waals surface area contributed by atoms with Crippen molar-refractivity contribution in [1.82, 2.24) is 20.3 Å². The summed E-state index contributed by atoms with van der Waals surface area (Å²) in [6.07, 6.45) is 2.68. The third-order valence-electron chi connectivity index (χ3n) is 3.61. The van der Waals surface area contributed by atoms with Gasteiger partial charge in [0.1, 0.15) is 0 Å². The Labute approximate surface area is 117 Å². The third kappa shape index (κ3) is 3.53. The number of aromatic nitrogens is 3. The fourth-order valence-corrected chi connectivity index (χ4v) is 1.93. The number of carbonyl (C=O) groups is 2. The lowest BCUT2D eigenvalue weighted by Crippen LogP contribution is -2.46. The number of nitrogens with zero attached hydrogens (tertiary/aromatic N) is 3. The van der Waals surface area contributed by atoms with Gasteiger partial charge in [-0.25, -0.2) is 9.48 Å². The van der Waals surface area contributed by atoms with Gasteiger partial charge in [-0.05, 0) is 12.8 Å². The van der Waals surface area contributed by atoms with Gasteiger partial charge < -0.3 is 16.2 Å². The van der Waals surface area contributed by atoms with Crippen molar-refractivity contribution in [2.24, 2.45) is 11.1 Å². The minimum atomic E-state index is -1.13. The molecule has 0 saturated carbocycles. The normalized spacial score (nSPS) is 11.3. The van der Waals surface area contributed by atoms with Gasteiger partial charge in [-0.3, -0.25) is 4.79 Å². The summed E-state index contributed by atoms with van der Waals surface area (Å²) in [6.45, 7) is 4.89. The first-order valence-corrected chi connectivity index (χ1v) is 6.61. The van der Waals surface area contributed by atoms with Gasteiger partial charge in [0.15, 0.2) is 5.69 Å². The maximum Gasteiger partial charge on any atom is 0.358 e. The quantitative estimate of drug-likeness (QED) is 0.610. The van der Waals surface area contributed by atoms with Gasteiger partial charge in [-0.2, -0.15) is 0 Å². The standard InChI is InChI=1S/C12H21N5O3/c1-3-12(4-2,8-13)11(20)14-5-6-17-7-9(10(18)19)15-16-17/h7H,3-6,8,13H2,1-2H3,(H,14,20)(H,18,19). The fraction of sp³-hybridized carbons (Fsp3) is 0.667. The highest BCUT2D eigenvalue weighted by Gasteiger charge is 2.32. The van der Waals surface area contributed by atoms with Crippen LogP contribution < -0.4 is 11.1 Å². The average Bonchev–Trinajstić information content (AvgIpc) is 2.90. The van der Waals surface area contributed by atoms with E-state index < -0.39 is 11.4 Å². The molecule has 0 fully saturated rings. The van der Waals surface area contributed by atoms with Crippen molar-refractivity contribution in [1.29, 1.82) is 0 Å². The SMILES string of the molecule is CCC(CC)(CN)C(=O)NCCn1cc(C(=O)O)nn1. The molecule has 4 N–H and O–H groups in total. The lowest BCUT2D eigenvalue weighted by molar-refractivity contribution is -0.131. The van der Waals surface area contributed by atoms with Crippen LogP contribution in [0.3, 0.4) is 0 Å². The van der Waals surface area contributed by atoms with Crippen LogP contribution in [-0.4, -0.2) is 45.1 Å². The summed E-state index contributed by atoms with van der Waals surface area (Å²) in [5.74, 6) is -1.21. The Kier molecular flexibility index (Phi) is 5.63. The molecule has 1 aromatic heterocycles. The summed E-state index contributed by atoms with van der Waals surface area (Å²) < 4.78 is 1.38. The van der Waals surface area contributed by atoms with Gasteiger partial charge in [-0.15, -0.1) is 5.10 Å². The number of carbonyl (C=O) groups excluding carboxylic acids is 1. The highest BCUT2D eigenvalue weighted by Crippen LogP contribution is 2.24. The summed E-state index contributed by atoms with van der Waals surface area (Å²) in [5.41, 5.74) is 5.05. The van der Waals surface area contributed by atoms with Gasteiger partial charge in [0.25, 0.3) is 0 Å². The van der Waals surface area contributed by atoms with E-state index in [1.54, 1.807) is 0 Å². The molecule has 0 aliphatic heterocycles. The number of hydrogen-bond donors (Lipinski definition) is 3. The molecule has 112 valence electrons. The van der Waals surface area contributed by atoms with Crippen LogP contribution >= 0.6 is 0 Å². The number of carboxylic acids is 1. The summed E-state index contributed by atoms with van der Waals surface area (Å²) in [5, 5.41) is 18.7. The van der Waals surface area contributed by atoms with E-state index in [1.165, 1.54) is 10.9 Å². The molecule has 0 aromatic carbocycles. The molecule has 0 saturated heterocycles. The number of amides is 1. The maximum atomic E-state index is 12.1. The summed E-state index contributed by atoms with van der Waals surface area (Å²) in [7, 11) is 0. The smallest absolute Gasteiger partial charge is 0.358 e. The van der Waals surface area contributed by atoms with Crippen LogP contribution in [0.25, 0.3) is 0 Å². The van der Waals surface area contributed by atoms with E-state index in [0.717, 1.165) is 0 Å². The molecule has 20 heavy (non-hydrogen) atoms. The Morgan fingerprint density at radius 2 is 2.10 bits per heavy atom. The molecule has 0 bridgehead atoms. The van der Waals surface area contributed by atoms with Crippen molar-refractivity contribution >= 4 is 11.9 Å². The number of aromatic carboxylic acids is 1. The molecular formula is C12H21N5O3. The Bertz CT molecular complexity index is 459. The molecule has 0 atom stereocenters. The van der Waals surface area contributed by atoms with E-state index in [0.29, 0.717) is 32.5 Å². The molecule has 0 aliphatic carbocycles. The topological polar surface area (TPSA) is 123 Å². The van der Waals surface area contributed by atoms with Crippen LogP contribution in [0.4, 0.5) is 0 Å². The zero-order chi connectivity index (χ0) is 15.2. The van der Waals surface area contributed by atoms with Gasteiger partial charge in [0.2, 0.25) is 5.91 Å². The lowest BCUT2D eigenvalue weighted by Gasteiger charge is -2.28. The minimum absolute atomic E-state index is 0.0800. The summed E-state index contributed by atoms with van der Waals surface area (Å²) in [4.78, 5) is 22.8. The van der Waals surface area contributed by atoms with Crippen molar-refractivity contribution < 1.29 is 14.7 Å². The molecule has 0 radical (unpaired) electrons. The second-order valence-electron chi connectivity index (χ2n) is 4.62. The van der Waals surface area contributed by atoms with Crippen molar-refractivity contribution in [3.63, 3.8) is 0 Å². The van der Waals surface area contributed by atoms with Crippen LogP contribution in [0.5, 0.6) is 0 Å². The molecule has 1 amide bonds. The van der Waals surface area contributed by atoms with Gasteiger partial charge >= 0.3 is 5.97 Å². The summed E-state index contributed by atoms with van der Waals surface area (Å²) in [6, 6.07) is 0. The predicted molar refractivity (Wildman–Crippen MR) is 72.1 cm³/mol.